The Balaban J connectivity index is 2.13. The number of rotatable bonds is 5. The highest BCUT2D eigenvalue weighted by molar-refractivity contribution is 8.00. The first-order valence-corrected chi connectivity index (χ1v) is 8.56. The third kappa shape index (κ3) is 3.68. The molecule has 4 nitrogen and oxygen atoms in total. The highest BCUT2D eigenvalue weighted by Gasteiger charge is 2.22. The van der Waals surface area contributed by atoms with Crippen LogP contribution in [0.4, 0.5) is 4.39 Å². The van der Waals surface area contributed by atoms with Gasteiger partial charge in [0, 0.05) is 11.8 Å². The number of nitrogens with one attached hydrogen (secondary N) is 1. The molecule has 0 saturated carbocycles. The van der Waals surface area contributed by atoms with E-state index in [4.69, 9.17) is 5.11 Å². The van der Waals surface area contributed by atoms with E-state index in [1.165, 1.54) is 12.1 Å². The van der Waals surface area contributed by atoms with Crippen molar-refractivity contribution >= 4 is 21.8 Å². The number of hydrogen-bond donors (Lipinski definition) is 2. The molecule has 0 aromatic heterocycles. The van der Waals surface area contributed by atoms with Gasteiger partial charge >= 0.3 is 0 Å². The topological polar surface area (TPSA) is 66.4 Å². The van der Waals surface area contributed by atoms with E-state index >= 15 is 0 Å². The van der Waals surface area contributed by atoms with Crippen LogP contribution in [-0.2, 0) is 16.6 Å². The van der Waals surface area contributed by atoms with E-state index in [2.05, 4.69) is 4.72 Å². The summed E-state index contributed by atoms with van der Waals surface area (Å²) in [6.45, 7) is -0.00291. The van der Waals surface area contributed by atoms with Crippen LogP contribution in [0.3, 0.4) is 0 Å². The molecule has 1 aromatic rings. The van der Waals surface area contributed by atoms with Crippen molar-refractivity contribution in [2.45, 2.75) is 29.6 Å². The fourth-order valence-corrected chi connectivity index (χ4v) is 4.45. The molecule has 2 N–H and O–H groups in total. The van der Waals surface area contributed by atoms with E-state index in [0.717, 1.165) is 24.7 Å². The Bertz CT molecular complexity index is 542. The first-order valence-electron chi connectivity index (χ1n) is 6.03. The quantitative estimate of drug-likeness (QED) is 0.865. The molecule has 0 radical (unpaired) electrons. The molecule has 0 spiro atoms. The van der Waals surface area contributed by atoms with Crippen LogP contribution in [0, 0.1) is 5.82 Å². The van der Waals surface area contributed by atoms with E-state index < -0.39 is 20.7 Å². The maximum atomic E-state index is 13.6. The predicted octanol–water partition coefficient (Wildman–Crippen LogP) is 1.49. The molecule has 1 atom stereocenters. The highest BCUT2D eigenvalue weighted by Crippen LogP contribution is 2.26. The summed E-state index contributed by atoms with van der Waals surface area (Å²) in [5, 5.41) is 9.24. The fourth-order valence-electron chi connectivity index (χ4n) is 1.94. The maximum Gasteiger partial charge on any atom is 0.243 e. The van der Waals surface area contributed by atoms with Crippen LogP contribution in [0.25, 0.3) is 0 Å². The lowest BCUT2D eigenvalue weighted by Crippen LogP contribution is -2.30. The summed E-state index contributed by atoms with van der Waals surface area (Å²) in [6.07, 6.45) is 2.07. The SMILES string of the molecule is O=S(=O)(NCC1CCCS1)c1cc(CO)ccc1F. The second-order valence-electron chi connectivity index (χ2n) is 4.41. The molecule has 0 aliphatic carbocycles. The molecule has 19 heavy (non-hydrogen) atoms. The first kappa shape index (κ1) is 14.8. The molecule has 1 aliphatic rings. The van der Waals surface area contributed by atoms with Gasteiger partial charge in [-0.05, 0) is 36.3 Å². The van der Waals surface area contributed by atoms with Gasteiger partial charge in [0.1, 0.15) is 10.7 Å². The lowest BCUT2D eigenvalue weighted by molar-refractivity contribution is 0.281. The zero-order chi connectivity index (χ0) is 13.9. The van der Waals surface area contributed by atoms with Crippen molar-refractivity contribution in [3.63, 3.8) is 0 Å². The summed E-state index contributed by atoms with van der Waals surface area (Å²) >= 11 is 1.73. The Morgan fingerprint density at radius 3 is 2.89 bits per heavy atom. The van der Waals surface area contributed by atoms with Crippen molar-refractivity contribution in [1.29, 1.82) is 0 Å². The van der Waals surface area contributed by atoms with Crippen LogP contribution in [0.1, 0.15) is 18.4 Å². The Morgan fingerprint density at radius 2 is 2.26 bits per heavy atom. The average Bonchev–Trinajstić information content (AvgIpc) is 2.90. The number of sulfonamides is 1. The van der Waals surface area contributed by atoms with Crippen LogP contribution in [0.2, 0.25) is 0 Å². The third-order valence-corrected chi connectivity index (χ3v) is 5.83. The first-order chi connectivity index (χ1) is 9.03. The summed E-state index contributed by atoms with van der Waals surface area (Å²) in [5.74, 6) is 0.240. The van der Waals surface area contributed by atoms with Gasteiger partial charge in [-0.1, -0.05) is 6.07 Å². The average molecular weight is 305 g/mol. The van der Waals surface area contributed by atoms with Gasteiger partial charge in [-0.15, -0.1) is 0 Å². The van der Waals surface area contributed by atoms with Gasteiger partial charge in [-0.2, -0.15) is 11.8 Å². The van der Waals surface area contributed by atoms with Gasteiger partial charge in [0.25, 0.3) is 0 Å². The van der Waals surface area contributed by atoms with Crippen LogP contribution >= 0.6 is 11.8 Å². The smallest absolute Gasteiger partial charge is 0.243 e. The zero-order valence-electron chi connectivity index (χ0n) is 10.3. The standard InChI is InChI=1S/C12H16FNO3S2/c13-11-4-3-9(8-15)6-12(11)19(16,17)14-7-10-2-1-5-18-10/h3-4,6,10,14-15H,1-2,5,7-8H2. The van der Waals surface area contributed by atoms with Crippen molar-refractivity contribution in [2.24, 2.45) is 0 Å². The van der Waals surface area contributed by atoms with Crippen molar-refractivity contribution in [1.82, 2.24) is 4.72 Å². The normalized spacial score (nSPS) is 19.8. The van der Waals surface area contributed by atoms with Gasteiger partial charge in [0.05, 0.1) is 6.61 Å². The van der Waals surface area contributed by atoms with Gasteiger partial charge < -0.3 is 5.11 Å². The van der Waals surface area contributed by atoms with E-state index in [-0.39, 0.29) is 11.9 Å². The van der Waals surface area contributed by atoms with Crippen LogP contribution in [-0.4, -0.2) is 31.1 Å². The molecule has 0 bridgehead atoms. The molecule has 1 fully saturated rings. The molecule has 1 aromatic carbocycles. The second kappa shape index (κ2) is 6.21. The van der Waals surface area contributed by atoms with Crippen molar-refractivity contribution in [3.05, 3.63) is 29.6 Å². The number of aliphatic hydroxyl groups excluding tert-OH is 1. The zero-order valence-corrected chi connectivity index (χ0v) is 11.9. The summed E-state index contributed by atoms with van der Waals surface area (Å²) in [6, 6.07) is 3.59. The van der Waals surface area contributed by atoms with E-state index in [0.29, 0.717) is 12.1 Å². The molecule has 1 heterocycles. The Hall–Kier alpha value is -0.630. The minimum atomic E-state index is -3.86. The summed E-state index contributed by atoms with van der Waals surface area (Å²) in [7, 11) is -3.86. The summed E-state index contributed by atoms with van der Waals surface area (Å²) in [5.41, 5.74) is 0.372. The number of hydrogen-bond acceptors (Lipinski definition) is 4. The van der Waals surface area contributed by atoms with Crippen LogP contribution in [0.5, 0.6) is 0 Å². The Labute approximate surface area is 116 Å². The highest BCUT2D eigenvalue weighted by atomic mass is 32.2. The van der Waals surface area contributed by atoms with Gasteiger partial charge in [-0.3, -0.25) is 0 Å². The minimum absolute atomic E-state index is 0.263. The van der Waals surface area contributed by atoms with Crippen molar-refractivity contribution in [3.8, 4) is 0 Å². The van der Waals surface area contributed by atoms with Crippen LogP contribution < -0.4 is 4.72 Å². The third-order valence-electron chi connectivity index (χ3n) is 2.99. The minimum Gasteiger partial charge on any atom is -0.392 e. The van der Waals surface area contributed by atoms with Crippen molar-refractivity contribution in [2.75, 3.05) is 12.3 Å². The van der Waals surface area contributed by atoms with Crippen molar-refractivity contribution < 1.29 is 17.9 Å². The molecular weight excluding hydrogens is 289 g/mol. The Morgan fingerprint density at radius 1 is 1.47 bits per heavy atom. The number of thioether (sulfide) groups is 1. The van der Waals surface area contributed by atoms with Gasteiger partial charge in [0.15, 0.2) is 0 Å². The van der Waals surface area contributed by atoms with Crippen LogP contribution in [0.15, 0.2) is 23.1 Å². The lowest BCUT2D eigenvalue weighted by atomic mass is 10.2. The van der Waals surface area contributed by atoms with Gasteiger partial charge in [-0.25, -0.2) is 17.5 Å². The molecule has 106 valence electrons. The second-order valence-corrected chi connectivity index (χ2v) is 7.55. The largest absolute Gasteiger partial charge is 0.392 e. The molecule has 7 heteroatoms. The van der Waals surface area contributed by atoms with E-state index in [9.17, 15) is 12.8 Å². The molecule has 1 saturated heterocycles. The molecule has 0 amide bonds. The number of benzene rings is 1. The Kier molecular flexibility index (Phi) is 4.83. The fraction of sp³-hybridized carbons (Fsp3) is 0.500. The molecule has 1 unspecified atom stereocenters. The summed E-state index contributed by atoms with van der Waals surface area (Å²) in [4.78, 5) is -0.401. The molecule has 1 aliphatic heterocycles. The maximum absolute atomic E-state index is 13.6. The van der Waals surface area contributed by atoms with Gasteiger partial charge in [0.2, 0.25) is 10.0 Å². The lowest BCUT2D eigenvalue weighted by Gasteiger charge is -2.12. The molecule has 2 rings (SSSR count). The number of halogens is 1. The monoisotopic (exact) mass is 305 g/mol. The van der Waals surface area contributed by atoms with E-state index in [1.54, 1.807) is 11.8 Å². The predicted molar refractivity (Wildman–Crippen MR) is 73.0 cm³/mol. The number of aliphatic hydroxyl groups is 1. The molecular formula is C12H16FNO3S2. The van der Waals surface area contributed by atoms with E-state index in [1.807, 2.05) is 0 Å². The summed E-state index contributed by atoms with van der Waals surface area (Å²) < 4.78 is 40.1.